The quantitative estimate of drug-likeness (QED) is 0.422. The second kappa shape index (κ2) is 9.01. The zero-order valence-corrected chi connectivity index (χ0v) is 16.7. The third-order valence-corrected chi connectivity index (χ3v) is 5.18. The smallest absolute Gasteiger partial charge is 0.124 e. The lowest BCUT2D eigenvalue weighted by Gasteiger charge is -2.23. The number of para-hydroxylation sites is 2. The molecule has 0 aliphatic rings. The highest BCUT2D eigenvalue weighted by Crippen LogP contribution is 2.18. The molecule has 0 saturated carbocycles. The van der Waals surface area contributed by atoms with Crippen LogP contribution in [0.5, 0.6) is 0 Å². The Morgan fingerprint density at radius 3 is 2.62 bits per heavy atom. The second-order valence-electron chi connectivity index (χ2n) is 7.25. The van der Waals surface area contributed by atoms with Crippen LogP contribution in [0, 0.1) is 5.82 Å². The Balaban J connectivity index is 1.53. The SMILES string of the molecule is CCn1c(CN(CCCn2ccnc2)Cc2ccc(F)cc2)nc2ccccc21. The molecule has 0 radical (unpaired) electrons. The van der Waals surface area contributed by atoms with Crippen molar-refractivity contribution in [1.82, 2.24) is 24.0 Å². The Bertz CT molecular complexity index is 1040. The molecule has 2 heterocycles. The van der Waals surface area contributed by atoms with Gasteiger partial charge in [-0.1, -0.05) is 24.3 Å². The highest BCUT2D eigenvalue weighted by Gasteiger charge is 2.14. The van der Waals surface area contributed by atoms with Crippen LogP contribution >= 0.6 is 0 Å². The Labute approximate surface area is 170 Å². The van der Waals surface area contributed by atoms with Gasteiger partial charge in [0.2, 0.25) is 0 Å². The van der Waals surface area contributed by atoms with Crippen LogP contribution in [-0.4, -0.2) is 30.5 Å². The van der Waals surface area contributed by atoms with Crippen LogP contribution in [0.25, 0.3) is 11.0 Å². The minimum Gasteiger partial charge on any atom is -0.337 e. The number of imidazole rings is 2. The highest BCUT2D eigenvalue weighted by atomic mass is 19.1. The monoisotopic (exact) mass is 391 g/mol. The van der Waals surface area contributed by atoms with Gasteiger partial charge in [0.05, 0.1) is 23.9 Å². The first-order valence-corrected chi connectivity index (χ1v) is 10.1. The molecular formula is C23H26FN5. The predicted molar refractivity (Wildman–Crippen MR) is 113 cm³/mol. The van der Waals surface area contributed by atoms with Crippen LogP contribution in [0.1, 0.15) is 24.7 Å². The van der Waals surface area contributed by atoms with Crippen molar-refractivity contribution in [3.63, 3.8) is 0 Å². The van der Waals surface area contributed by atoms with Crippen molar-refractivity contribution in [2.45, 2.75) is 39.5 Å². The van der Waals surface area contributed by atoms with E-state index < -0.39 is 0 Å². The van der Waals surface area contributed by atoms with E-state index in [4.69, 9.17) is 4.98 Å². The molecular weight excluding hydrogens is 365 g/mol. The number of nitrogens with zero attached hydrogens (tertiary/aromatic N) is 5. The maximum absolute atomic E-state index is 13.3. The van der Waals surface area contributed by atoms with E-state index >= 15 is 0 Å². The standard InChI is InChI=1S/C23H26FN5/c1-2-29-22-7-4-3-6-21(22)26-23(29)17-28(14-5-13-27-15-12-25-18-27)16-19-8-10-20(24)11-9-19/h3-4,6-12,15,18H,2,5,13-14,16-17H2,1H3. The Hall–Kier alpha value is -2.99. The van der Waals surface area contributed by atoms with Gasteiger partial charge < -0.3 is 9.13 Å². The molecule has 2 aromatic heterocycles. The van der Waals surface area contributed by atoms with Gasteiger partial charge in [-0.25, -0.2) is 14.4 Å². The van der Waals surface area contributed by atoms with Crippen molar-refractivity contribution in [3.05, 3.63) is 84.5 Å². The van der Waals surface area contributed by atoms with Crippen molar-refractivity contribution >= 4 is 11.0 Å². The normalized spacial score (nSPS) is 11.6. The molecule has 0 unspecified atom stereocenters. The van der Waals surface area contributed by atoms with E-state index in [0.29, 0.717) is 0 Å². The number of halogens is 1. The Morgan fingerprint density at radius 1 is 1.03 bits per heavy atom. The van der Waals surface area contributed by atoms with Crippen molar-refractivity contribution in [2.24, 2.45) is 0 Å². The summed E-state index contributed by atoms with van der Waals surface area (Å²) in [5.74, 6) is 0.867. The number of hydrogen-bond acceptors (Lipinski definition) is 3. The molecule has 2 aromatic carbocycles. The molecule has 4 rings (SSSR count). The molecule has 0 spiro atoms. The molecule has 0 saturated heterocycles. The molecule has 0 aliphatic heterocycles. The number of benzene rings is 2. The summed E-state index contributed by atoms with van der Waals surface area (Å²) in [5, 5.41) is 0. The van der Waals surface area contributed by atoms with Gasteiger partial charge in [0.25, 0.3) is 0 Å². The lowest BCUT2D eigenvalue weighted by molar-refractivity contribution is 0.239. The average Bonchev–Trinajstić information content (AvgIpc) is 3.36. The lowest BCUT2D eigenvalue weighted by Crippen LogP contribution is -2.26. The van der Waals surface area contributed by atoms with E-state index in [1.54, 1.807) is 6.20 Å². The fourth-order valence-corrected chi connectivity index (χ4v) is 3.76. The van der Waals surface area contributed by atoms with Crippen LogP contribution in [0.15, 0.2) is 67.3 Å². The minimum atomic E-state index is -0.201. The number of aryl methyl sites for hydroxylation is 2. The maximum atomic E-state index is 13.3. The number of hydrogen-bond donors (Lipinski definition) is 0. The summed E-state index contributed by atoms with van der Waals surface area (Å²) >= 11 is 0. The second-order valence-corrected chi connectivity index (χ2v) is 7.25. The van der Waals surface area contributed by atoms with Crippen molar-refractivity contribution in [2.75, 3.05) is 6.54 Å². The van der Waals surface area contributed by atoms with Gasteiger partial charge in [0, 0.05) is 38.6 Å². The fourth-order valence-electron chi connectivity index (χ4n) is 3.76. The summed E-state index contributed by atoms with van der Waals surface area (Å²) < 4.78 is 17.7. The summed E-state index contributed by atoms with van der Waals surface area (Å²) in [6.07, 6.45) is 6.64. The summed E-state index contributed by atoms with van der Waals surface area (Å²) in [5.41, 5.74) is 3.31. The topological polar surface area (TPSA) is 38.9 Å². The molecule has 0 atom stereocenters. The molecule has 5 nitrogen and oxygen atoms in total. The van der Waals surface area contributed by atoms with E-state index in [9.17, 15) is 4.39 Å². The molecule has 0 N–H and O–H groups in total. The molecule has 0 fully saturated rings. The van der Waals surface area contributed by atoms with Gasteiger partial charge in [-0.3, -0.25) is 4.90 Å². The Kier molecular flexibility index (Phi) is 6.00. The van der Waals surface area contributed by atoms with Crippen LogP contribution in [0.4, 0.5) is 4.39 Å². The average molecular weight is 391 g/mol. The van der Waals surface area contributed by atoms with Gasteiger partial charge in [0.15, 0.2) is 0 Å². The van der Waals surface area contributed by atoms with Crippen molar-refractivity contribution in [3.8, 4) is 0 Å². The molecule has 0 bridgehead atoms. The van der Waals surface area contributed by atoms with E-state index in [1.165, 1.54) is 17.6 Å². The van der Waals surface area contributed by atoms with E-state index in [2.05, 4.69) is 44.1 Å². The highest BCUT2D eigenvalue weighted by molar-refractivity contribution is 5.75. The van der Waals surface area contributed by atoms with Crippen molar-refractivity contribution < 1.29 is 4.39 Å². The van der Waals surface area contributed by atoms with Gasteiger partial charge in [0.1, 0.15) is 11.6 Å². The molecule has 29 heavy (non-hydrogen) atoms. The first kappa shape index (κ1) is 19.3. The molecule has 6 heteroatoms. The van der Waals surface area contributed by atoms with Gasteiger partial charge >= 0.3 is 0 Å². The summed E-state index contributed by atoms with van der Waals surface area (Å²) in [6, 6.07) is 15.1. The molecule has 0 amide bonds. The first-order valence-electron chi connectivity index (χ1n) is 10.1. The zero-order valence-electron chi connectivity index (χ0n) is 16.7. The summed E-state index contributed by atoms with van der Waals surface area (Å²) in [6.45, 7) is 6.39. The first-order chi connectivity index (χ1) is 14.2. The number of rotatable bonds is 9. The third-order valence-electron chi connectivity index (χ3n) is 5.18. The van der Waals surface area contributed by atoms with Crippen LogP contribution in [0.2, 0.25) is 0 Å². The molecule has 0 aliphatic carbocycles. The van der Waals surface area contributed by atoms with Gasteiger partial charge in [-0.15, -0.1) is 0 Å². The number of aromatic nitrogens is 4. The van der Waals surface area contributed by atoms with Gasteiger partial charge in [-0.05, 0) is 43.2 Å². The molecule has 150 valence electrons. The van der Waals surface area contributed by atoms with Crippen LogP contribution in [0.3, 0.4) is 0 Å². The van der Waals surface area contributed by atoms with Crippen molar-refractivity contribution in [1.29, 1.82) is 0 Å². The summed E-state index contributed by atoms with van der Waals surface area (Å²) in [7, 11) is 0. The number of fused-ring (bicyclic) bond motifs is 1. The molecule has 4 aromatic rings. The third kappa shape index (κ3) is 4.71. The largest absolute Gasteiger partial charge is 0.337 e. The van der Waals surface area contributed by atoms with Crippen LogP contribution < -0.4 is 0 Å². The van der Waals surface area contributed by atoms with Crippen LogP contribution in [-0.2, 0) is 26.2 Å². The van der Waals surface area contributed by atoms with E-state index in [0.717, 1.165) is 56.0 Å². The minimum absolute atomic E-state index is 0.201. The lowest BCUT2D eigenvalue weighted by atomic mass is 10.2. The summed E-state index contributed by atoms with van der Waals surface area (Å²) in [4.78, 5) is 11.4. The van der Waals surface area contributed by atoms with E-state index in [-0.39, 0.29) is 5.82 Å². The van der Waals surface area contributed by atoms with E-state index in [1.807, 2.05) is 30.7 Å². The van der Waals surface area contributed by atoms with Gasteiger partial charge in [-0.2, -0.15) is 0 Å². The Morgan fingerprint density at radius 2 is 1.86 bits per heavy atom. The fraction of sp³-hybridized carbons (Fsp3) is 0.304. The predicted octanol–water partition coefficient (Wildman–Crippen LogP) is 4.48. The zero-order chi connectivity index (χ0) is 20.1. The maximum Gasteiger partial charge on any atom is 0.124 e.